The number of benzene rings is 5. The number of methoxy groups -OCH3 is 1. The lowest BCUT2D eigenvalue weighted by molar-refractivity contribution is -0.116. The predicted octanol–water partition coefficient (Wildman–Crippen LogP) is 8.88. The summed E-state index contributed by atoms with van der Waals surface area (Å²) in [6.45, 7) is 0. The molecular formula is C37H29Cl2N3O4S. The number of carbonyl (C=O) groups is 3. The maximum Gasteiger partial charge on any atom is 0.272 e. The summed E-state index contributed by atoms with van der Waals surface area (Å²) in [4.78, 5) is 40.7. The van der Waals surface area contributed by atoms with Gasteiger partial charge in [0.05, 0.1) is 12.1 Å². The standard InChI is InChI=1S/C37H29Cl2N3O4S/c1-46-33-21-18-28(23-31(33)39)41-37(45)34(24-10-4-2-5-11-24)47-29-19-16-27(17-20-29)40-36(44)32(22-26-14-8-9-15-30(26)38)42-35(43)25-12-6-3-7-13-25/h2-23,34H,1H3,(H,40,44)(H,41,45)(H,42,43)/b32-22-. The molecule has 0 aliphatic carbocycles. The molecule has 10 heteroatoms. The molecule has 3 N–H and O–H groups in total. The van der Waals surface area contributed by atoms with Gasteiger partial charge in [0, 0.05) is 26.9 Å². The molecule has 5 rings (SSSR count). The largest absolute Gasteiger partial charge is 0.495 e. The van der Waals surface area contributed by atoms with Crippen molar-refractivity contribution >= 4 is 70.1 Å². The zero-order chi connectivity index (χ0) is 33.2. The van der Waals surface area contributed by atoms with Crippen LogP contribution >= 0.6 is 35.0 Å². The zero-order valence-electron chi connectivity index (χ0n) is 25.1. The number of carbonyl (C=O) groups excluding carboxylic acids is 3. The summed E-state index contributed by atoms with van der Waals surface area (Å²) in [7, 11) is 1.53. The Hall–Kier alpha value is -5.02. The molecule has 0 radical (unpaired) electrons. The molecule has 236 valence electrons. The highest BCUT2D eigenvalue weighted by atomic mass is 35.5. The minimum absolute atomic E-state index is 0.0184. The fraction of sp³-hybridized carbons (Fsp3) is 0.0541. The van der Waals surface area contributed by atoms with Gasteiger partial charge >= 0.3 is 0 Å². The van der Waals surface area contributed by atoms with Crippen molar-refractivity contribution in [2.45, 2.75) is 10.1 Å². The van der Waals surface area contributed by atoms with E-state index in [4.69, 9.17) is 27.9 Å². The Morgan fingerprint density at radius 1 is 0.723 bits per heavy atom. The molecule has 0 spiro atoms. The Balaban J connectivity index is 1.33. The van der Waals surface area contributed by atoms with Crippen LogP contribution in [0.25, 0.3) is 6.08 Å². The number of ether oxygens (including phenoxy) is 1. The SMILES string of the molecule is COc1ccc(NC(=O)C(Sc2ccc(NC(=O)/C(=C/c3ccccc3Cl)NC(=O)c3ccccc3)cc2)c2ccccc2)cc1Cl. The van der Waals surface area contributed by atoms with Gasteiger partial charge < -0.3 is 20.7 Å². The van der Waals surface area contributed by atoms with E-state index in [9.17, 15) is 14.4 Å². The van der Waals surface area contributed by atoms with E-state index in [0.717, 1.165) is 10.5 Å². The van der Waals surface area contributed by atoms with Crippen molar-refractivity contribution in [2.24, 2.45) is 0 Å². The van der Waals surface area contributed by atoms with E-state index in [1.807, 2.05) is 42.5 Å². The number of rotatable bonds is 11. The predicted molar refractivity (Wildman–Crippen MR) is 190 cm³/mol. The summed E-state index contributed by atoms with van der Waals surface area (Å²) in [5, 5.41) is 8.74. The van der Waals surface area contributed by atoms with Crippen LogP contribution in [0.5, 0.6) is 5.75 Å². The van der Waals surface area contributed by atoms with Gasteiger partial charge in [0.1, 0.15) is 16.7 Å². The topological polar surface area (TPSA) is 96.5 Å². The summed E-state index contributed by atoms with van der Waals surface area (Å²) < 4.78 is 5.21. The number of hydrogen-bond acceptors (Lipinski definition) is 5. The molecule has 5 aromatic rings. The Morgan fingerprint density at radius 2 is 1.36 bits per heavy atom. The highest BCUT2D eigenvalue weighted by Crippen LogP contribution is 2.37. The van der Waals surface area contributed by atoms with E-state index in [0.29, 0.717) is 38.3 Å². The van der Waals surface area contributed by atoms with E-state index < -0.39 is 17.1 Å². The van der Waals surface area contributed by atoms with E-state index in [1.54, 1.807) is 84.9 Å². The highest BCUT2D eigenvalue weighted by Gasteiger charge is 2.23. The first-order valence-electron chi connectivity index (χ1n) is 14.4. The number of hydrogen-bond donors (Lipinski definition) is 3. The maximum absolute atomic E-state index is 13.5. The molecule has 1 unspecified atom stereocenters. The molecule has 0 heterocycles. The van der Waals surface area contributed by atoms with Crippen LogP contribution in [0.2, 0.25) is 10.0 Å². The number of thioether (sulfide) groups is 1. The Morgan fingerprint density at radius 3 is 2.02 bits per heavy atom. The van der Waals surface area contributed by atoms with Gasteiger partial charge in [-0.2, -0.15) is 0 Å². The van der Waals surface area contributed by atoms with Crippen LogP contribution in [0, 0.1) is 0 Å². The van der Waals surface area contributed by atoms with Crippen molar-refractivity contribution in [1.82, 2.24) is 5.32 Å². The molecule has 0 saturated heterocycles. The molecule has 3 amide bonds. The van der Waals surface area contributed by atoms with Crippen molar-refractivity contribution in [3.63, 3.8) is 0 Å². The second-order valence-corrected chi connectivity index (χ2v) is 12.1. The second-order valence-electron chi connectivity index (χ2n) is 10.1. The summed E-state index contributed by atoms with van der Waals surface area (Å²) in [5.74, 6) is -0.693. The zero-order valence-corrected chi connectivity index (χ0v) is 27.4. The molecule has 0 aromatic heterocycles. The fourth-order valence-corrected chi connectivity index (χ4v) is 5.97. The molecule has 0 aliphatic rings. The third-order valence-electron chi connectivity index (χ3n) is 6.86. The maximum atomic E-state index is 13.5. The van der Waals surface area contributed by atoms with Crippen LogP contribution < -0.4 is 20.7 Å². The van der Waals surface area contributed by atoms with Crippen molar-refractivity contribution in [3.8, 4) is 5.75 Å². The van der Waals surface area contributed by atoms with Gasteiger partial charge in [-0.25, -0.2) is 0 Å². The summed E-state index contributed by atoms with van der Waals surface area (Å²) in [6, 6.07) is 37.2. The lowest BCUT2D eigenvalue weighted by Gasteiger charge is -2.18. The van der Waals surface area contributed by atoms with Gasteiger partial charge in [-0.15, -0.1) is 11.8 Å². The molecule has 0 aliphatic heterocycles. The van der Waals surface area contributed by atoms with Crippen LogP contribution in [-0.2, 0) is 9.59 Å². The van der Waals surface area contributed by atoms with E-state index in [-0.39, 0.29) is 11.6 Å². The van der Waals surface area contributed by atoms with Crippen LogP contribution in [0.1, 0.15) is 26.7 Å². The van der Waals surface area contributed by atoms with Crippen LogP contribution in [0.15, 0.2) is 138 Å². The van der Waals surface area contributed by atoms with Crippen molar-refractivity contribution < 1.29 is 19.1 Å². The van der Waals surface area contributed by atoms with Gasteiger partial charge in [0.15, 0.2) is 0 Å². The smallest absolute Gasteiger partial charge is 0.272 e. The van der Waals surface area contributed by atoms with Crippen LogP contribution in [0.4, 0.5) is 11.4 Å². The fourth-order valence-electron chi connectivity index (χ4n) is 4.49. The number of halogens is 2. The Kier molecular flexibility index (Phi) is 11.4. The van der Waals surface area contributed by atoms with E-state index in [2.05, 4.69) is 16.0 Å². The van der Waals surface area contributed by atoms with Gasteiger partial charge in [-0.3, -0.25) is 14.4 Å². The van der Waals surface area contributed by atoms with Crippen LogP contribution in [0.3, 0.4) is 0 Å². The summed E-state index contributed by atoms with van der Waals surface area (Å²) in [5.41, 5.74) is 2.84. The lowest BCUT2D eigenvalue weighted by atomic mass is 10.1. The third-order valence-corrected chi connectivity index (χ3v) is 8.77. The Labute approximate surface area is 287 Å². The molecule has 0 saturated carbocycles. The minimum Gasteiger partial charge on any atom is -0.495 e. The van der Waals surface area contributed by atoms with Gasteiger partial charge in [-0.1, -0.05) is 89.9 Å². The third kappa shape index (κ3) is 9.04. The second kappa shape index (κ2) is 16.0. The van der Waals surface area contributed by atoms with E-state index in [1.165, 1.54) is 24.9 Å². The molecular weight excluding hydrogens is 653 g/mol. The van der Waals surface area contributed by atoms with E-state index >= 15 is 0 Å². The average molecular weight is 683 g/mol. The molecule has 0 bridgehead atoms. The normalized spacial score (nSPS) is 11.7. The number of nitrogens with one attached hydrogen (secondary N) is 3. The first kappa shape index (κ1) is 33.3. The van der Waals surface area contributed by atoms with Gasteiger partial charge in [0.25, 0.3) is 11.8 Å². The van der Waals surface area contributed by atoms with Crippen molar-refractivity contribution in [1.29, 1.82) is 0 Å². The summed E-state index contributed by atoms with van der Waals surface area (Å²) >= 11 is 14.0. The van der Waals surface area contributed by atoms with Crippen molar-refractivity contribution in [3.05, 3.63) is 160 Å². The average Bonchev–Trinajstić information content (AvgIpc) is 3.09. The van der Waals surface area contributed by atoms with Crippen molar-refractivity contribution in [2.75, 3.05) is 17.7 Å². The van der Waals surface area contributed by atoms with Gasteiger partial charge in [-0.05, 0) is 77.9 Å². The number of anilines is 2. The molecule has 5 aromatic carbocycles. The first-order chi connectivity index (χ1) is 22.8. The number of amides is 3. The summed E-state index contributed by atoms with van der Waals surface area (Å²) in [6.07, 6.45) is 1.53. The first-order valence-corrected chi connectivity index (χ1v) is 16.0. The Bertz CT molecular complexity index is 1900. The molecule has 7 nitrogen and oxygen atoms in total. The molecule has 0 fully saturated rings. The van der Waals surface area contributed by atoms with Gasteiger partial charge in [0.2, 0.25) is 5.91 Å². The molecule has 47 heavy (non-hydrogen) atoms. The quantitative estimate of drug-likeness (QED) is 0.0956. The van der Waals surface area contributed by atoms with Crippen LogP contribution in [-0.4, -0.2) is 24.8 Å². The molecule has 1 atom stereocenters. The minimum atomic E-state index is -0.587. The monoisotopic (exact) mass is 681 g/mol. The highest BCUT2D eigenvalue weighted by molar-refractivity contribution is 8.00. The lowest BCUT2D eigenvalue weighted by Crippen LogP contribution is -2.30.